The first-order valence-electron chi connectivity index (χ1n) is 4.60. The van der Waals surface area contributed by atoms with E-state index in [-0.39, 0.29) is 5.97 Å². The van der Waals surface area contributed by atoms with E-state index in [1.807, 2.05) is 6.92 Å². The summed E-state index contributed by atoms with van der Waals surface area (Å²) in [5.74, 6) is -0.146. The van der Waals surface area contributed by atoms with Crippen molar-refractivity contribution in [3.63, 3.8) is 0 Å². The molecule has 0 saturated carbocycles. The van der Waals surface area contributed by atoms with E-state index in [1.54, 1.807) is 0 Å². The number of ether oxygens (including phenoxy) is 1. The van der Waals surface area contributed by atoms with Crippen molar-refractivity contribution in [2.45, 2.75) is 33.6 Å². The van der Waals surface area contributed by atoms with E-state index >= 15 is 0 Å². The SMILES string of the molecule is CC(C)=CCCC1=C(C)C(=O)OC1. The zero-order valence-electron chi connectivity index (χ0n) is 8.52. The van der Waals surface area contributed by atoms with E-state index in [2.05, 4.69) is 19.9 Å². The van der Waals surface area contributed by atoms with Gasteiger partial charge in [-0.2, -0.15) is 0 Å². The van der Waals surface area contributed by atoms with E-state index < -0.39 is 0 Å². The summed E-state index contributed by atoms with van der Waals surface area (Å²) in [5, 5.41) is 0. The van der Waals surface area contributed by atoms with Crippen LogP contribution in [0.3, 0.4) is 0 Å². The van der Waals surface area contributed by atoms with Crippen molar-refractivity contribution < 1.29 is 9.53 Å². The second-order valence-corrected chi connectivity index (χ2v) is 3.62. The molecule has 1 heterocycles. The normalized spacial score (nSPS) is 16.1. The highest BCUT2D eigenvalue weighted by Crippen LogP contribution is 2.19. The summed E-state index contributed by atoms with van der Waals surface area (Å²) in [7, 11) is 0. The second-order valence-electron chi connectivity index (χ2n) is 3.62. The van der Waals surface area contributed by atoms with Gasteiger partial charge in [0.1, 0.15) is 6.61 Å². The molecule has 0 N–H and O–H groups in total. The standard InChI is InChI=1S/C11H16O2/c1-8(2)5-4-6-10-7-13-11(12)9(10)3/h5H,4,6-7H2,1-3H3. The molecule has 0 fully saturated rings. The molecule has 0 aliphatic carbocycles. The van der Waals surface area contributed by atoms with Gasteiger partial charge < -0.3 is 4.74 Å². The van der Waals surface area contributed by atoms with Gasteiger partial charge in [-0.3, -0.25) is 0 Å². The van der Waals surface area contributed by atoms with Crippen LogP contribution in [0.1, 0.15) is 33.6 Å². The largest absolute Gasteiger partial charge is 0.458 e. The van der Waals surface area contributed by atoms with Crippen molar-refractivity contribution in [2.24, 2.45) is 0 Å². The fourth-order valence-corrected chi connectivity index (χ4v) is 1.31. The van der Waals surface area contributed by atoms with Gasteiger partial charge in [0.2, 0.25) is 0 Å². The van der Waals surface area contributed by atoms with Crippen LogP contribution in [-0.4, -0.2) is 12.6 Å². The number of rotatable bonds is 3. The molecule has 0 unspecified atom stereocenters. The Hall–Kier alpha value is -1.05. The first kappa shape index (κ1) is 10.0. The molecule has 0 bridgehead atoms. The molecule has 0 aromatic rings. The number of esters is 1. The summed E-state index contributed by atoms with van der Waals surface area (Å²) in [6.45, 7) is 6.50. The summed E-state index contributed by atoms with van der Waals surface area (Å²) in [5.41, 5.74) is 3.29. The Morgan fingerprint density at radius 3 is 2.69 bits per heavy atom. The third kappa shape index (κ3) is 2.72. The molecule has 0 amide bonds. The highest BCUT2D eigenvalue weighted by atomic mass is 16.5. The highest BCUT2D eigenvalue weighted by Gasteiger charge is 2.19. The van der Waals surface area contributed by atoms with Gasteiger partial charge >= 0.3 is 5.97 Å². The Morgan fingerprint density at radius 1 is 1.54 bits per heavy atom. The molecule has 2 nitrogen and oxygen atoms in total. The van der Waals surface area contributed by atoms with Gasteiger partial charge in [-0.25, -0.2) is 4.79 Å². The van der Waals surface area contributed by atoms with E-state index in [0.717, 1.165) is 24.0 Å². The highest BCUT2D eigenvalue weighted by molar-refractivity contribution is 5.91. The Balaban J connectivity index is 2.46. The van der Waals surface area contributed by atoms with E-state index in [0.29, 0.717) is 6.61 Å². The van der Waals surface area contributed by atoms with Crippen LogP contribution < -0.4 is 0 Å². The predicted molar refractivity (Wildman–Crippen MR) is 52.3 cm³/mol. The number of carbonyl (C=O) groups excluding carboxylic acids is 1. The van der Waals surface area contributed by atoms with Crippen molar-refractivity contribution in [1.82, 2.24) is 0 Å². The number of hydrogen-bond donors (Lipinski definition) is 0. The summed E-state index contributed by atoms with van der Waals surface area (Å²) in [4.78, 5) is 11.0. The third-order valence-corrected chi connectivity index (χ3v) is 2.21. The number of hydrogen-bond acceptors (Lipinski definition) is 2. The summed E-state index contributed by atoms with van der Waals surface area (Å²) < 4.78 is 4.90. The van der Waals surface area contributed by atoms with E-state index in [9.17, 15) is 4.79 Å². The Bertz CT molecular complexity index is 268. The lowest BCUT2D eigenvalue weighted by Gasteiger charge is -1.97. The van der Waals surface area contributed by atoms with Crippen LogP contribution in [0.4, 0.5) is 0 Å². The first-order chi connectivity index (χ1) is 6.11. The molecule has 0 atom stereocenters. The Morgan fingerprint density at radius 2 is 2.23 bits per heavy atom. The van der Waals surface area contributed by atoms with Crippen LogP contribution in [0.15, 0.2) is 22.8 Å². The third-order valence-electron chi connectivity index (χ3n) is 2.21. The van der Waals surface area contributed by atoms with Crippen LogP contribution in [0.2, 0.25) is 0 Å². The molecule has 1 aliphatic rings. The maximum absolute atomic E-state index is 11.0. The van der Waals surface area contributed by atoms with Crippen molar-refractivity contribution in [3.8, 4) is 0 Å². The molecule has 13 heavy (non-hydrogen) atoms. The molecule has 72 valence electrons. The monoisotopic (exact) mass is 180 g/mol. The minimum absolute atomic E-state index is 0.146. The van der Waals surface area contributed by atoms with Crippen molar-refractivity contribution in [1.29, 1.82) is 0 Å². The van der Waals surface area contributed by atoms with Gasteiger partial charge in [-0.1, -0.05) is 11.6 Å². The lowest BCUT2D eigenvalue weighted by Crippen LogP contribution is -1.94. The topological polar surface area (TPSA) is 26.3 Å². The lowest BCUT2D eigenvalue weighted by molar-refractivity contribution is -0.135. The molecule has 0 radical (unpaired) electrons. The van der Waals surface area contributed by atoms with Gasteiger partial charge in [-0.05, 0) is 39.2 Å². The fourth-order valence-electron chi connectivity index (χ4n) is 1.31. The van der Waals surface area contributed by atoms with Gasteiger partial charge in [0.05, 0.1) is 0 Å². The fraction of sp³-hybridized carbons (Fsp3) is 0.545. The maximum atomic E-state index is 11.0. The molecular formula is C11H16O2. The van der Waals surface area contributed by atoms with Gasteiger partial charge in [0, 0.05) is 5.57 Å². The Kier molecular flexibility index (Phi) is 3.29. The molecule has 0 aromatic carbocycles. The number of allylic oxidation sites excluding steroid dienone is 2. The zero-order chi connectivity index (χ0) is 9.84. The molecule has 0 spiro atoms. The van der Waals surface area contributed by atoms with Gasteiger partial charge in [0.15, 0.2) is 0 Å². The average molecular weight is 180 g/mol. The van der Waals surface area contributed by atoms with Crippen LogP contribution in [0.5, 0.6) is 0 Å². The quantitative estimate of drug-likeness (QED) is 0.493. The minimum Gasteiger partial charge on any atom is -0.458 e. The second kappa shape index (κ2) is 4.26. The van der Waals surface area contributed by atoms with Crippen LogP contribution in [-0.2, 0) is 9.53 Å². The van der Waals surface area contributed by atoms with E-state index in [1.165, 1.54) is 5.57 Å². The smallest absolute Gasteiger partial charge is 0.334 e. The predicted octanol–water partition coefficient (Wildman–Crippen LogP) is 2.61. The zero-order valence-corrected chi connectivity index (χ0v) is 8.52. The number of carbonyl (C=O) groups is 1. The average Bonchev–Trinajstić information content (AvgIpc) is 2.35. The number of cyclic esters (lactones) is 1. The molecular weight excluding hydrogens is 164 g/mol. The molecule has 0 aromatic heterocycles. The molecule has 2 heteroatoms. The van der Waals surface area contributed by atoms with Crippen LogP contribution in [0, 0.1) is 0 Å². The van der Waals surface area contributed by atoms with Gasteiger partial charge in [-0.15, -0.1) is 0 Å². The molecule has 1 rings (SSSR count). The maximum Gasteiger partial charge on any atom is 0.334 e. The summed E-state index contributed by atoms with van der Waals surface area (Å²) in [6, 6.07) is 0. The lowest BCUT2D eigenvalue weighted by atomic mass is 10.1. The Labute approximate surface area is 79.3 Å². The molecule has 0 saturated heterocycles. The van der Waals surface area contributed by atoms with Crippen molar-refractivity contribution in [3.05, 3.63) is 22.8 Å². The molecule has 1 aliphatic heterocycles. The minimum atomic E-state index is -0.146. The van der Waals surface area contributed by atoms with E-state index in [4.69, 9.17) is 4.74 Å². The van der Waals surface area contributed by atoms with Crippen LogP contribution >= 0.6 is 0 Å². The van der Waals surface area contributed by atoms with Crippen LogP contribution in [0.25, 0.3) is 0 Å². The summed E-state index contributed by atoms with van der Waals surface area (Å²) in [6.07, 6.45) is 4.14. The van der Waals surface area contributed by atoms with Gasteiger partial charge in [0.25, 0.3) is 0 Å². The first-order valence-corrected chi connectivity index (χ1v) is 4.60. The van der Waals surface area contributed by atoms with Crippen molar-refractivity contribution >= 4 is 5.97 Å². The van der Waals surface area contributed by atoms with Crippen molar-refractivity contribution in [2.75, 3.05) is 6.61 Å². The summed E-state index contributed by atoms with van der Waals surface area (Å²) >= 11 is 0.